The SMILES string of the molecule is O=C(O)CN(CCCCC1CCCCC1)C(=O)CCCOc1ccc2c(c1)N=C1NC(=O)CN1C2. The first-order valence-electron chi connectivity index (χ1n) is 12.9. The fourth-order valence-corrected chi connectivity index (χ4v) is 5.15. The van der Waals surface area contributed by atoms with Crippen LogP contribution >= 0.6 is 0 Å². The van der Waals surface area contributed by atoms with Crippen molar-refractivity contribution in [2.45, 2.75) is 70.8 Å². The van der Waals surface area contributed by atoms with Crippen LogP contribution in [0.4, 0.5) is 5.69 Å². The van der Waals surface area contributed by atoms with E-state index in [2.05, 4.69) is 10.3 Å². The van der Waals surface area contributed by atoms with Crippen molar-refractivity contribution in [1.29, 1.82) is 0 Å². The quantitative estimate of drug-likeness (QED) is 0.440. The van der Waals surface area contributed by atoms with Crippen molar-refractivity contribution < 1.29 is 24.2 Å². The molecule has 0 aromatic heterocycles. The van der Waals surface area contributed by atoms with E-state index in [1.54, 1.807) is 0 Å². The topological polar surface area (TPSA) is 112 Å². The first kappa shape index (κ1) is 25.0. The lowest BCUT2D eigenvalue weighted by Gasteiger charge is -2.23. The van der Waals surface area contributed by atoms with Gasteiger partial charge in [0.25, 0.3) is 0 Å². The second kappa shape index (κ2) is 12.0. The molecule has 0 unspecified atom stereocenters. The van der Waals surface area contributed by atoms with Crippen molar-refractivity contribution in [3.8, 4) is 5.75 Å². The molecule has 0 bridgehead atoms. The highest BCUT2D eigenvalue weighted by atomic mass is 16.5. The number of carbonyl (C=O) groups is 3. The summed E-state index contributed by atoms with van der Waals surface area (Å²) in [4.78, 5) is 43.4. The predicted molar refractivity (Wildman–Crippen MR) is 131 cm³/mol. The molecule has 1 saturated carbocycles. The molecule has 2 aliphatic heterocycles. The standard InChI is InChI=1S/C26H36N4O5/c31-23-17-30-16-20-11-12-21(15-22(20)27-26(30)28-23)35-14-6-10-24(32)29(18-25(33)34)13-5-4-9-19-7-2-1-3-8-19/h11-12,15,19H,1-10,13-14,16-18H2,(H,33,34)(H,27,28,31). The van der Waals surface area contributed by atoms with E-state index >= 15 is 0 Å². The van der Waals surface area contributed by atoms with Crippen molar-refractivity contribution in [1.82, 2.24) is 15.1 Å². The lowest BCUT2D eigenvalue weighted by atomic mass is 9.86. The number of hydrogen-bond acceptors (Lipinski definition) is 6. The Labute approximate surface area is 206 Å². The van der Waals surface area contributed by atoms with Crippen LogP contribution in [0.5, 0.6) is 5.75 Å². The van der Waals surface area contributed by atoms with Gasteiger partial charge in [0.05, 0.1) is 12.3 Å². The monoisotopic (exact) mass is 484 g/mol. The van der Waals surface area contributed by atoms with E-state index in [1.807, 2.05) is 23.1 Å². The lowest BCUT2D eigenvalue weighted by Crippen LogP contribution is -2.36. The Morgan fingerprint density at radius 1 is 1.14 bits per heavy atom. The molecule has 0 spiro atoms. The number of amides is 2. The van der Waals surface area contributed by atoms with Crippen LogP contribution in [0.15, 0.2) is 23.2 Å². The maximum absolute atomic E-state index is 12.7. The molecule has 2 N–H and O–H groups in total. The number of benzene rings is 1. The van der Waals surface area contributed by atoms with Gasteiger partial charge in [0.15, 0.2) is 0 Å². The number of carboxylic acids is 1. The maximum atomic E-state index is 12.7. The Morgan fingerprint density at radius 2 is 1.97 bits per heavy atom. The fourth-order valence-electron chi connectivity index (χ4n) is 5.15. The molecule has 9 nitrogen and oxygen atoms in total. The lowest BCUT2D eigenvalue weighted by molar-refractivity contribution is -0.144. The third-order valence-electron chi connectivity index (χ3n) is 7.03. The Bertz CT molecular complexity index is 957. The Balaban J connectivity index is 1.19. The molecule has 1 aromatic carbocycles. The maximum Gasteiger partial charge on any atom is 0.323 e. The molecule has 4 rings (SSSR count). The minimum Gasteiger partial charge on any atom is -0.494 e. The summed E-state index contributed by atoms with van der Waals surface area (Å²) < 4.78 is 5.82. The van der Waals surface area contributed by atoms with Gasteiger partial charge in [-0.25, -0.2) is 4.99 Å². The van der Waals surface area contributed by atoms with Gasteiger partial charge in [-0.15, -0.1) is 0 Å². The molecule has 2 heterocycles. The molecule has 35 heavy (non-hydrogen) atoms. The van der Waals surface area contributed by atoms with E-state index in [0.29, 0.717) is 44.4 Å². The highest BCUT2D eigenvalue weighted by molar-refractivity contribution is 6.05. The molecule has 1 aliphatic carbocycles. The number of nitrogens with one attached hydrogen (secondary N) is 1. The van der Waals surface area contributed by atoms with E-state index in [1.165, 1.54) is 43.4 Å². The van der Waals surface area contributed by atoms with Gasteiger partial charge < -0.3 is 19.6 Å². The van der Waals surface area contributed by atoms with Crippen molar-refractivity contribution >= 4 is 29.4 Å². The summed E-state index contributed by atoms with van der Waals surface area (Å²) in [5, 5.41) is 12.0. The van der Waals surface area contributed by atoms with Crippen molar-refractivity contribution in [3.63, 3.8) is 0 Å². The minimum atomic E-state index is -0.977. The average Bonchev–Trinajstić information content (AvgIpc) is 3.21. The first-order valence-corrected chi connectivity index (χ1v) is 12.9. The number of ether oxygens (including phenoxy) is 1. The van der Waals surface area contributed by atoms with Crippen LogP contribution in [-0.4, -0.2) is 64.9 Å². The van der Waals surface area contributed by atoms with E-state index in [0.717, 1.165) is 30.0 Å². The van der Waals surface area contributed by atoms with Crippen LogP contribution in [-0.2, 0) is 20.9 Å². The summed E-state index contributed by atoms with van der Waals surface area (Å²) in [6.07, 6.45) is 10.5. The van der Waals surface area contributed by atoms with Crippen molar-refractivity contribution in [2.75, 3.05) is 26.2 Å². The van der Waals surface area contributed by atoms with Gasteiger partial charge in [0, 0.05) is 25.6 Å². The Hall–Kier alpha value is -3.10. The number of aliphatic carboxylic acids is 1. The zero-order chi connectivity index (χ0) is 24.6. The van der Waals surface area contributed by atoms with Crippen LogP contribution in [0, 0.1) is 5.92 Å². The number of fused-ring (bicyclic) bond motifs is 2. The predicted octanol–water partition coefficient (Wildman–Crippen LogP) is 3.44. The van der Waals surface area contributed by atoms with Gasteiger partial charge in [-0.1, -0.05) is 51.0 Å². The number of guanidine groups is 1. The molecular weight excluding hydrogens is 448 g/mol. The number of hydrogen-bond donors (Lipinski definition) is 2. The highest BCUT2D eigenvalue weighted by Gasteiger charge is 2.29. The molecule has 1 saturated heterocycles. The summed E-state index contributed by atoms with van der Waals surface area (Å²) in [6.45, 7) is 1.55. The fraction of sp³-hybridized carbons (Fsp3) is 0.615. The van der Waals surface area contributed by atoms with Gasteiger partial charge in [-0.05, 0) is 30.4 Å². The third kappa shape index (κ3) is 7.19. The molecule has 9 heteroatoms. The second-order valence-electron chi connectivity index (χ2n) is 9.79. The number of unbranched alkanes of at least 4 members (excludes halogenated alkanes) is 1. The van der Waals surface area contributed by atoms with E-state index in [-0.39, 0.29) is 24.8 Å². The number of nitrogens with zero attached hydrogens (tertiary/aromatic N) is 3. The van der Waals surface area contributed by atoms with E-state index in [4.69, 9.17) is 4.74 Å². The number of carboxylic acid groups (broad SMARTS) is 1. The third-order valence-corrected chi connectivity index (χ3v) is 7.03. The van der Waals surface area contributed by atoms with Crippen LogP contribution in [0.2, 0.25) is 0 Å². The highest BCUT2D eigenvalue weighted by Crippen LogP contribution is 2.31. The molecule has 1 aromatic rings. The normalized spacial score (nSPS) is 17.3. The first-order chi connectivity index (χ1) is 17.0. The zero-order valence-electron chi connectivity index (χ0n) is 20.3. The van der Waals surface area contributed by atoms with Gasteiger partial charge in [0.1, 0.15) is 18.8 Å². The summed E-state index contributed by atoms with van der Waals surface area (Å²) in [6, 6.07) is 5.66. The Kier molecular flexibility index (Phi) is 8.60. The number of rotatable bonds is 12. The van der Waals surface area contributed by atoms with Crippen molar-refractivity contribution in [2.24, 2.45) is 10.9 Å². The molecule has 2 amide bonds. The molecular formula is C26H36N4O5. The summed E-state index contributed by atoms with van der Waals surface area (Å²) >= 11 is 0. The van der Waals surface area contributed by atoms with Gasteiger partial charge in [-0.2, -0.15) is 0 Å². The van der Waals surface area contributed by atoms with Crippen LogP contribution in [0.25, 0.3) is 0 Å². The largest absolute Gasteiger partial charge is 0.494 e. The molecule has 190 valence electrons. The minimum absolute atomic E-state index is 0.0566. The van der Waals surface area contributed by atoms with Gasteiger partial charge in [-0.3, -0.25) is 19.7 Å². The summed E-state index contributed by atoms with van der Waals surface area (Å²) in [5.41, 5.74) is 1.80. The summed E-state index contributed by atoms with van der Waals surface area (Å²) in [5.74, 6) is 0.859. The number of carbonyl (C=O) groups excluding carboxylic acids is 2. The van der Waals surface area contributed by atoms with Crippen molar-refractivity contribution in [3.05, 3.63) is 23.8 Å². The van der Waals surface area contributed by atoms with Crippen LogP contribution in [0.1, 0.15) is 69.8 Å². The van der Waals surface area contributed by atoms with Crippen LogP contribution in [0.3, 0.4) is 0 Å². The zero-order valence-corrected chi connectivity index (χ0v) is 20.3. The van der Waals surface area contributed by atoms with Gasteiger partial charge >= 0.3 is 5.97 Å². The van der Waals surface area contributed by atoms with E-state index in [9.17, 15) is 19.5 Å². The average molecular weight is 485 g/mol. The number of aliphatic imine (C=N–C) groups is 1. The molecule has 3 aliphatic rings. The molecule has 2 fully saturated rings. The second-order valence-corrected chi connectivity index (χ2v) is 9.79. The van der Waals surface area contributed by atoms with Crippen LogP contribution < -0.4 is 10.1 Å². The van der Waals surface area contributed by atoms with E-state index < -0.39 is 5.97 Å². The van der Waals surface area contributed by atoms with Gasteiger partial charge in [0.2, 0.25) is 17.8 Å². The Morgan fingerprint density at radius 3 is 2.77 bits per heavy atom. The molecule has 0 atom stereocenters. The summed E-state index contributed by atoms with van der Waals surface area (Å²) in [7, 11) is 0. The molecule has 0 radical (unpaired) electrons. The smallest absolute Gasteiger partial charge is 0.323 e.